The molecule has 0 unspecified atom stereocenters. The summed E-state index contributed by atoms with van der Waals surface area (Å²) in [6.45, 7) is 2.59. The van der Waals surface area contributed by atoms with Crippen LogP contribution in [0, 0.1) is 0 Å². The van der Waals surface area contributed by atoms with Gasteiger partial charge >= 0.3 is 6.18 Å². The fourth-order valence-electron chi connectivity index (χ4n) is 2.38. The Morgan fingerprint density at radius 1 is 1.33 bits per heavy atom. The van der Waals surface area contributed by atoms with E-state index in [2.05, 4.69) is 20.6 Å². The number of rotatable bonds is 2. The number of hydrogen-bond acceptors (Lipinski definition) is 5. The molecule has 0 amide bonds. The van der Waals surface area contributed by atoms with E-state index in [9.17, 15) is 13.2 Å². The van der Waals surface area contributed by atoms with Crippen LogP contribution in [-0.2, 0) is 10.9 Å². The third kappa shape index (κ3) is 2.92. The molecular weight excluding hydrogens is 287 g/mol. The van der Waals surface area contributed by atoms with Gasteiger partial charge in [0.2, 0.25) is 0 Å². The van der Waals surface area contributed by atoms with E-state index in [0.717, 1.165) is 12.8 Å². The summed E-state index contributed by atoms with van der Waals surface area (Å²) in [5, 5.41) is 13.7. The Labute approximate surface area is 118 Å². The molecule has 3 rings (SSSR count). The summed E-state index contributed by atoms with van der Waals surface area (Å²) in [7, 11) is 0. The van der Waals surface area contributed by atoms with E-state index in [4.69, 9.17) is 4.74 Å². The number of hydrogen-bond donors (Lipinski definition) is 1. The molecule has 1 aliphatic heterocycles. The van der Waals surface area contributed by atoms with Gasteiger partial charge in [0.1, 0.15) is 5.82 Å². The molecular formula is C12H14F3N5O. The highest BCUT2D eigenvalue weighted by atomic mass is 19.4. The van der Waals surface area contributed by atoms with Crippen LogP contribution in [0.25, 0.3) is 5.65 Å². The fourth-order valence-corrected chi connectivity index (χ4v) is 2.38. The smallest absolute Gasteiger partial charge is 0.378 e. The fraction of sp³-hybridized carbons (Fsp3) is 0.583. The van der Waals surface area contributed by atoms with Crippen LogP contribution in [0.2, 0.25) is 0 Å². The molecule has 2 aromatic rings. The Hall–Kier alpha value is -1.90. The lowest BCUT2D eigenvalue weighted by molar-refractivity contribution is -0.146. The molecule has 1 aliphatic rings. The molecule has 0 saturated carbocycles. The van der Waals surface area contributed by atoms with E-state index >= 15 is 0 Å². The van der Waals surface area contributed by atoms with E-state index in [1.54, 1.807) is 6.07 Å². The summed E-state index contributed by atoms with van der Waals surface area (Å²) in [6.07, 6.45) is -2.88. The van der Waals surface area contributed by atoms with Gasteiger partial charge in [0.15, 0.2) is 5.65 Å². The molecule has 2 atom stereocenters. The van der Waals surface area contributed by atoms with Gasteiger partial charge in [-0.05, 0) is 31.9 Å². The molecule has 0 bridgehead atoms. The Morgan fingerprint density at radius 3 is 2.86 bits per heavy atom. The monoisotopic (exact) mass is 301 g/mol. The summed E-state index contributed by atoms with van der Waals surface area (Å²) in [4.78, 5) is 0. The highest BCUT2D eigenvalue weighted by Gasteiger charge is 2.37. The van der Waals surface area contributed by atoms with Crippen LogP contribution >= 0.6 is 0 Å². The third-order valence-corrected chi connectivity index (χ3v) is 3.35. The summed E-state index contributed by atoms with van der Waals surface area (Å²) < 4.78 is 44.5. The average molecular weight is 301 g/mol. The second-order valence-electron chi connectivity index (χ2n) is 5.06. The Kier molecular flexibility index (Phi) is 3.44. The molecule has 0 radical (unpaired) electrons. The van der Waals surface area contributed by atoms with Gasteiger partial charge in [-0.25, -0.2) is 0 Å². The standard InChI is InChI=1S/C12H14F3N5O/c1-7-6-8(4-5-21-7)16-9-2-3-10-17-18-11(12(13,14)15)20(10)19-9/h2-3,7-8H,4-6H2,1H3,(H,16,19)/t7-,8+/m0/s1. The molecule has 2 aromatic heterocycles. The lowest BCUT2D eigenvalue weighted by Gasteiger charge is -2.28. The van der Waals surface area contributed by atoms with Crippen LogP contribution < -0.4 is 5.32 Å². The Bertz CT molecular complexity index is 641. The lowest BCUT2D eigenvalue weighted by Crippen LogP contribution is -2.32. The molecule has 114 valence electrons. The molecule has 1 fully saturated rings. The average Bonchev–Trinajstić information content (AvgIpc) is 2.81. The topological polar surface area (TPSA) is 64.3 Å². The second-order valence-corrected chi connectivity index (χ2v) is 5.06. The van der Waals surface area contributed by atoms with Crippen molar-refractivity contribution in [2.24, 2.45) is 0 Å². The predicted octanol–water partition coefficient (Wildman–Crippen LogP) is 2.12. The summed E-state index contributed by atoms with van der Waals surface area (Å²) in [5.74, 6) is -0.756. The van der Waals surface area contributed by atoms with Crippen molar-refractivity contribution < 1.29 is 17.9 Å². The van der Waals surface area contributed by atoms with Crippen LogP contribution in [0.1, 0.15) is 25.6 Å². The van der Waals surface area contributed by atoms with Gasteiger partial charge in [0.25, 0.3) is 5.82 Å². The Balaban J connectivity index is 1.86. The molecule has 0 aliphatic carbocycles. The lowest BCUT2D eigenvalue weighted by atomic mass is 10.0. The van der Waals surface area contributed by atoms with Crippen LogP contribution in [0.15, 0.2) is 12.1 Å². The van der Waals surface area contributed by atoms with Gasteiger partial charge < -0.3 is 10.1 Å². The Morgan fingerprint density at radius 2 is 2.14 bits per heavy atom. The number of aromatic nitrogens is 4. The first kappa shape index (κ1) is 14.1. The van der Waals surface area contributed by atoms with Crippen molar-refractivity contribution in [2.75, 3.05) is 11.9 Å². The molecule has 3 heterocycles. The maximum absolute atomic E-state index is 12.8. The van der Waals surface area contributed by atoms with Crippen molar-refractivity contribution in [3.8, 4) is 0 Å². The first-order valence-electron chi connectivity index (χ1n) is 6.61. The molecule has 0 aromatic carbocycles. The van der Waals surface area contributed by atoms with E-state index in [-0.39, 0.29) is 17.8 Å². The highest BCUT2D eigenvalue weighted by Crippen LogP contribution is 2.27. The minimum Gasteiger partial charge on any atom is -0.378 e. The number of halogens is 3. The molecule has 6 nitrogen and oxygen atoms in total. The van der Waals surface area contributed by atoms with Crippen molar-refractivity contribution in [2.45, 2.75) is 38.1 Å². The van der Waals surface area contributed by atoms with E-state index in [1.165, 1.54) is 6.07 Å². The second kappa shape index (κ2) is 5.14. The van der Waals surface area contributed by atoms with Gasteiger partial charge in [-0.1, -0.05) is 0 Å². The summed E-state index contributed by atoms with van der Waals surface area (Å²) in [6, 6.07) is 3.19. The largest absolute Gasteiger partial charge is 0.453 e. The quantitative estimate of drug-likeness (QED) is 0.920. The van der Waals surface area contributed by atoms with Crippen LogP contribution in [-0.4, -0.2) is 38.6 Å². The molecule has 1 N–H and O–H groups in total. The first-order valence-corrected chi connectivity index (χ1v) is 6.61. The van der Waals surface area contributed by atoms with Gasteiger partial charge in [-0.3, -0.25) is 0 Å². The zero-order chi connectivity index (χ0) is 15.0. The molecule has 0 spiro atoms. The number of alkyl halides is 3. The SMILES string of the molecule is C[C@H]1C[C@H](Nc2ccc3nnc(C(F)(F)F)n3n2)CCO1. The van der Waals surface area contributed by atoms with Crippen molar-refractivity contribution in [1.82, 2.24) is 19.8 Å². The van der Waals surface area contributed by atoms with E-state index in [0.29, 0.717) is 16.9 Å². The maximum atomic E-state index is 12.8. The van der Waals surface area contributed by atoms with Crippen molar-refractivity contribution in [1.29, 1.82) is 0 Å². The maximum Gasteiger partial charge on any atom is 0.453 e. The number of fused-ring (bicyclic) bond motifs is 1. The van der Waals surface area contributed by atoms with Gasteiger partial charge in [0.05, 0.1) is 6.10 Å². The number of nitrogens with one attached hydrogen (secondary N) is 1. The van der Waals surface area contributed by atoms with Gasteiger partial charge in [0, 0.05) is 12.6 Å². The van der Waals surface area contributed by atoms with Crippen molar-refractivity contribution >= 4 is 11.5 Å². The van der Waals surface area contributed by atoms with Crippen LogP contribution in [0.3, 0.4) is 0 Å². The van der Waals surface area contributed by atoms with Crippen molar-refractivity contribution in [3.05, 3.63) is 18.0 Å². The number of anilines is 1. The van der Waals surface area contributed by atoms with Crippen LogP contribution in [0.5, 0.6) is 0 Å². The van der Waals surface area contributed by atoms with Crippen molar-refractivity contribution in [3.63, 3.8) is 0 Å². The van der Waals surface area contributed by atoms with Gasteiger partial charge in [-0.2, -0.15) is 17.7 Å². The van der Waals surface area contributed by atoms with Gasteiger partial charge in [-0.15, -0.1) is 15.3 Å². The summed E-state index contributed by atoms with van der Waals surface area (Å²) >= 11 is 0. The molecule has 9 heteroatoms. The zero-order valence-electron chi connectivity index (χ0n) is 11.3. The minimum absolute atomic E-state index is 0.0632. The van der Waals surface area contributed by atoms with E-state index in [1.807, 2.05) is 6.92 Å². The van der Waals surface area contributed by atoms with E-state index < -0.39 is 12.0 Å². The first-order chi connectivity index (χ1) is 9.93. The summed E-state index contributed by atoms with van der Waals surface area (Å²) in [5.41, 5.74) is 0.0632. The highest BCUT2D eigenvalue weighted by molar-refractivity contribution is 5.44. The number of nitrogens with zero attached hydrogens (tertiary/aromatic N) is 4. The number of ether oxygens (including phenoxy) is 1. The molecule has 21 heavy (non-hydrogen) atoms. The minimum atomic E-state index is -4.59. The third-order valence-electron chi connectivity index (χ3n) is 3.35. The predicted molar refractivity (Wildman–Crippen MR) is 67.8 cm³/mol. The normalized spacial score (nSPS) is 23.4. The molecule has 1 saturated heterocycles. The zero-order valence-corrected chi connectivity index (χ0v) is 11.3. The van der Waals surface area contributed by atoms with Crippen LogP contribution in [0.4, 0.5) is 19.0 Å².